The zero-order chi connectivity index (χ0) is 14.0. The number of aryl methyl sites for hydroxylation is 1. The first-order valence-corrected chi connectivity index (χ1v) is 5.33. The van der Waals surface area contributed by atoms with Gasteiger partial charge in [0.05, 0.1) is 11.3 Å². The number of carboxylic acid groups (broad SMARTS) is 1. The smallest absolute Gasteiger partial charge is 0.335 e. The quantitative estimate of drug-likeness (QED) is 0.787. The van der Waals surface area contributed by atoms with Gasteiger partial charge in [-0.2, -0.15) is 5.10 Å². The molecule has 1 aromatic carbocycles. The minimum Gasteiger partial charge on any atom is -0.478 e. The number of amides is 1. The van der Waals surface area contributed by atoms with Gasteiger partial charge >= 0.3 is 5.97 Å². The Morgan fingerprint density at radius 2 is 2.11 bits per heavy atom. The van der Waals surface area contributed by atoms with E-state index in [0.717, 1.165) is 18.2 Å². The molecule has 0 unspecified atom stereocenters. The lowest BCUT2D eigenvalue weighted by atomic mass is 10.2. The molecule has 0 bridgehead atoms. The number of carbonyl (C=O) groups is 2. The summed E-state index contributed by atoms with van der Waals surface area (Å²) in [6.07, 6.45) is 0. The molecular weight excluding hydrogens is 253 g/mol. The van der Waals surface area contributed by atoms with Gasteiger partial charge in [0, 0.05) is 5.69 Å². The lowest BCUT2D eigenvalue weighted by Crippen LogP contribution is -2.14. The highest BCUT2D eigenvalue weighted by atomic mass is 19.1. The van der Waals surface area contributed by atoms with E-state index in [1.54, 1.807) is 6.92 Å². The van der Waals surface area contributed by atoms with Gasteiger partial charge < -0.3 is 10.4 Å². The minimum absolute atomic E-state index is 0.0950. The second-order valence-corrected chi connectivity index (χ2v) is 3.89. The van der Waals surface area contributed by atoms with Crippen LogP contribution in [0.1, 0.15) is 26.5 Å². The lowest BCUT2D eigenvalue weighted by Gasteiger charge is -2.05. The predicted molar refractivity (Wildman–Crippen MR) is 64.6 cm³/mol. The van der Waals surface area contributed by atoms with E-state index in [1.807, 2.05) is 0 Å². The van der Waals surface area contributed by atoms with Crippen LogP contribution in [0.3, 0.4) is 0 Å². The van der Waals surface area contributed by atoms with E-state index in [0.29, 0.717) is 5.69 Å². The number of rotatable bonds is 3. The number of hydrogen-bond donors (Lipinski definition) is 3. The number of carbonyl (C=O) groups excluding carboxylic acids is 1. The van der Waals surface area contributed by atoms with Crippen molar-refractivity contribution in [1.29, 1.82) is 0 Å². The summed E-state index contributed by atoms with van der Waals surface area (Å²) in [6, 6.07) is 4.64. The summed E-state index contributed by atoms with van der Waals surface area (Å²) in [5.41, 5.74) is 0.461. The van der Waals surface area contributed by atoms with Gasteiger partial charge in [0.1, 0.15) is 5.82 Å². The summed E-state index contributed by atoms with van der Waals surface area (Å²) in [4.78, 5) is 22.5. The van der Waals surface area contributed by atoms with E-state index >= 15 is 0 Å². The van der Waals surface area contributed by atoms with Crippen LogP contribution < -0.4 is 5.32 Å². The maximum absolute atomic E-state index is 13.5. The third-order valence-corrected chi connectivity index (χ3v) is 2.40. The molecule has 3 N–H and O–H groups in total. The molecule has 1 aromatic heterocycles. The van der Waals surface area contributed by atoms with Crippen molar-refractivity contribution in [3.05, 3.63) is 47.0 Å². The highest BCUT2D eigenvalue weighted by Crippen LogP contribution is 2.17. The zero-order valence-electron chi connectivity index (χ0n) is 9.90. The Kier molecular flexibility index (Phi) is 3.28. The van der Waals surface area contributed by atoms with E-state index in [1.165, 1.54) is 6.07 Å². The number of anilines is 1. The summed E-state index contributed by atoms with van der Waals surface area (Å²) in [5.74, 6) is -2.54. The molecule has 7 heteroatoms. The van der Waals surface area contributed by atoms with E-state index in [4.69, 9.17) is 5.11 Å². The van der Waals surface area contributed by atoms with Gasteiger partial charge in [-0.25, -0.2) is 9.18 Å². The number of aromatic carboxylic acids is 1. The Labute approximate surface area is 107 Å². The summed E-state index contributed by atoms with van der Waals surface area (Å²) in [5, 5.41) is 17.4. The van der Waals surface area contributed by atoms with Gasteiger partial charge in [0.25, 0.3) is 5.91 Å². The molecule has 98 valence electrons. The average Bonchev–Trinajstić information content (AvgIpc) is 2.78. The van der Waals surface area contributed by atoms with E-state index in [-0.39, 0.29) is 16.9 Å². The second kappa shape index (κ2) is 4.89. The molecule has 0 aliphatic carbocycles. The van der Waals surface area contributed by atoms with Crippen LogP contribution in [0.4, 0.5) is 10.1 Å². The number of nitrogens with one attached hydrogen (secondary N) is 2. The Hall–Kier alpha value is -2.70. The van der Waals surface area contributed by atoms with E-state index in [2.05, 4.69) is 15.5 Å². The molecule has 0 spiro atoms. The standard InChI is InChI=1S/C12H10FN3O3/c1-6-4-10(16-15-6)11(17)14-9-5-7(12(18)19)2-3-8(9)13/h2-5H,1H3,(H,14,17)(H,15,16)(H,18,19). The first-order valence-electron chi connectivity index (χ1n) is 5.33. The van der Waals surface area contributed by atoms with Crippen LogP contribution in [0.5, 0.6) is 0 Å². The second-order valence-electron chi connectivity index (χ2n) is 3.89. The Morgan fingerprint density at radius 1 is 1.37 bits per heavy atom. The number of carboxylic acids is 1. The molecule has 0 aliphatic heterocycles. The van der Waals surface area contributed by atoms with Crippen molar-refractivity contribution in [1.82, 2.24) is 10.2 Å². The highest BCUT2D eigenvalue weighted by molar-refractivity contribution is 6.03. The van der Waals surface area contributed by atoms with Crippen LogP contribution >= 0.6 is 0 Å². The van der Waals surface area contributed by atoms with Crippen molar-refractivity contribution in [2.45, 2.75) is 6.92 Å². The molecule has 2 rings (SSSR count). The molecule has 0 saturated carbocycles. The predicted octanol–water partition coefficient (Wildman–Crippen LogP) is 1.81. The first kappa shape index (κ1) is 12.7. The number of benzene rings is 1. The molecule has 0 fully saturated rings. The van der Waals surface area contributed by atoms with Gasteiger partial charge in [0.2, 0.25) is 0 Å². The van der Waals surface area contributed by atoms with Crippen LogP contribution in [-0.2, 0) is 0 Å². The monoisotopic (exact) mass is 263 g/mol. The molecule has 0 atom stereocenters. The summed E-state index contributed by atoms with van der Waals surface area (Å²) < 4.78 is 13.5. The third-order valence-electron chi connectivity index (χ3n) is 2.40. The fraction of sp³-hybridized carbons (Fsp3) is 0.0833. The van der Waals surface area contributed by atoms with Crippen molar-refractivity contribution in [3.63, 3.8) is 0 Å². The lowest BCUT2D eigenvalue weighted by molar-refractivity contribution is 0.0696. The van der Waals surface area contributed by atoms with Gasteiger partial charge in [-0.05, 0) is 31.2 Å². The minimum atomic E-state index is -1.20. The summed E-state index contributed by atoms with van der Waals surface area (Å²) >= 11 is 0. The van der Waals surface area contributed by atoms with Crippen molar-refractivity contribution in [3.8, 4) is 0 Å². The molecule has 2 aromatic rings. The zero-order valence-corrected chi connectivity index (χ0v) is 9.90. The van der Waals surface area contributed by atoms with Crippen LogP contribution in [0.15, 0.2) is 24.3 Å². The molecule has 6 nitrogen and oxygen atoms in total. The largest absolute Gasteiger partial charge is 0.478 e. The van der Waals surface area contributed by atoms with E-state index < -0.39 is 17.7 Å². The maximum Gasteiger partial charge on any atom is 0.335 e. The fourth-order valence-electron chi connectivity index (χ4n) is 1.47. The molecule has 19 heavy (non-hydrogen) atoms. The number of halogens is 1. The van der Waals surface area contributed by atoms with Crippen LogP contribution in [0, 0.1) is 12.7 Å². The summed E-state index contributed by atoms with van der Waals surface area (Å²) in [7, 11) is 0. The normalized spacial score (nSPS) is 10.2. The van der Waals surface area contributed by atoms with Crippen molar-refractivity contribution in [2.24, 2.45) is 0 Å². The van der Waals surface area contributed by atoms with Gasteiger partial charge in [-0.3, -0.25) is 9.89 Å². The SMILES string of the molecule is Cc1cc(C(=O)Nc2cc(C(=O)O)ccc2F)n[nH]1. The van der Waals surface area contributed by atoms with Crippen LogP contribution in [0.25, 0.3) is 0 Å². The van der Waals surface area contributed by atoms with Crippen LogP contribution in [0.2, 0.25) is 0 Å². The van der Waals surface area contributed by atoms with Crippen molar-refractivity contribution in [2.75, 3.05) is 5.32 Å². The van der Waals surface area contributed by atoms with Crippen LogP contribution in [-0.4, -0.2) is 27.2 Å². The van der Waals surface area contributed by atoms with Gasteiger partial charge in [0.15, 0.2) is 5.69 Å². The van der Waals surface area contributed by atoms with Crippen molar-refractivity contribution < 1.29 is 19.1 Å². The molecule has 0 aliphatic rings. The van der Waals surface area contributed by atoms with Crippen molar-refractivity contribution >= 4 is 17.6 Å². The fourth-order valence-corrected chi connectivity index (χ4v) is 1.47. The number of H-pyrrole nitrogens is 1. The molecular formula is C12H10FN3O3. The number of nitrogens with zero attached hydrogens (tertiary/aromatic N) is 1. The molecule has 1 amide bonds. The molecule has 0 radical (unpaired) electrons. The number of hydrogen-bond acceptors (Lipinski definition) is 3. The average molecular weight is 263 g/mol. The van der Waals surface area contributed by atoms with Gasteiger partial charge in [-0.15, -0.1) is 0 Å². The topological polar surface area (TPSA) is 95.1 Å². The summed E-state index contributed by atoms with van der Waals surface area (Å²) in [6.45, 7) is 1.72. The number of aromatic nitrogens is 2. The highest BCUT2D eigenvalue weighted by Gasteiger charge is 2.14. The third kappa shape index (κ3) is 2.76. The Bertz CT molecular complexity index is 651. The Balaban J connectivity index is 2.25. The first-order chi connectivity index (χ1) is 8.97. The number of aromatic amines is 1. The molecule has 1 heterocycles. The maximum atomic E-state index is 13.5. The van der Waals surface area contributed by atoms with Gasteiger partial charge in [-0.1, -0.05) is 0 Å². The Morgan fingerprint density at radius 3 is 2.68 bits per heavy atom. The molecule has 0 saturated heterocycles. The van der Waals surface area contributed by atoms with E-state index in [9.17, 15) is 14.0 Å².